The van der Waals surface area contributed by atoms with E-state index >= 15 is 0 Å². The molecule has 0 aromatic rings. The summed E-state index contributed by atoms with van der Waals surface area (Å²) < 4.78 is 0. The van der Waals surface area contributed by atoms with Crippen molar-refractivity contribution in [3.8, 4) is 0 Å². The van der Waals surface area contributed by atoms with Crippen LogP contribution < -0.4 is 5.32 Å². The third kappa shape index (κ3) is 2.40. The molecule has 3 heteroatoms. The maximum atomic E-state index is 12.3. The molecule has 0 bridgehead atoms. The third-order valence-corrected chi connectivity index (χ3v) is 4.22. The van der Waals surface area contributed by atoms with Crippen LogP contribution in [0, 0.1) is 23.7 Å². The molecule has 0 saturated carbocycles. The number of hydrogen-bond donors (Lipinski definition) is 1. The average Bonchev–Trinajstić information content (AvgIpc) is 2.58. The van der Waals surface area contributed by atoms with Gasteiger partial charge in [0.2, 0.25) is 5.91 Å². The minimum atomic E-state index is 0.223. The second kappa shape index (κ2) is 4.74. The van der Waals surface area contributed by atoms with Gasteiger partial charge in [-0.25, -0.2) is 0 Å². The van der Waals surface area contributed by atoms with Crippen LogP contribution in [0.4, 0.5) is 0 Å². The lowest BCUT2D eigenvalue weighted by molar-refractivity contribution is -0.135. The molecule has 2 heterocycles. The van der Waals surface area contributed by atoms with Crippen LogP contribution >= 0.6 is 0 Å². The first-order valence-corrected chi connectivity index (χ1v) is 6.57. The van der Waals surface area contributed by atoms with E-state index in [1.807, 2.05) is 0 Å². The third-order valence-electron chi connectivity index (χ3n) is 4.22. The molecule has 0 aliphatic carbocycles. The van der Waals surface area contributed by atoms with Crippen molar-refractivity contribution in [1.29, 1.82) is 0 Å². The quantitative estimate of drug-likeness (QED) is 0.729. The van der Waals surface area contributed by atoms with E-state index in [4.69, 9.17) is 0 Å². The monoisotopic (exact) mass is 224 g/mol. The maximum Gasteiger partial charge on any atom is 0.226 e. The van der Waals surface area contributed by atoms with Gasteiger partial charge in [-0.1, -0.05) is 20.8 Å². The van der Waals surface area contributed by atoms with Gasteiger partial charge in [-0.05, 0) is 30.7 Å². The lowest BCUT2D eigenvalue weighted by Gasteiger charge is -2.30. The van der Waals surface area contributed by atoms with E-state index in [1.165, 1.54) is 0 Å². The van der Waals surface area contributed by atoms with E-state index in [9.17, 15) is 4.79 Å². The van der Waals surface area contributed by atoms with E-state index in [1.54, 1.807) is 0 Å². The number of carbonyl (C=O) groups excluding carboxylic acids is 1. The van der Waals surface area contributed by atoms with Crippen LogP contribution in [-0.4, -0.2) is 37.0 Å². The molecule has 2 fully saturated rings. The molecule has 92 valence electrons. The summed E-state index contributed by atoms with van der Waals surface area (Å²) in [6.07, 6.45) is 1.06. The molecule has 0 aromatic carbocycles. The van der Waals surface area contributed by atoms with Crippen molar-refractivity contribution in [1.82, 2.24) is 10.2 Å². The number of hydrogen-bond acceptors (Lipinski definition) is 2. The zero-order valence-corrected chi connectivity index (χ0v) is 10.7. The molecule has 4 atom stereocenters. The highest BCUT2D eigenvalue weighted by atomic mass is 16.2. The molecule has 3 nitrogen and oxygen atoms in total. The molecule has 16 heavy (non-hydrogen) atoms. The predicted octanol–water partition coefficient (Wildman–Crippen LogP) is 1.35. The van der Waals surface area contributed by atoms with Gasteiger partial charge in [0.25, 0.3) is 0 Å². The van der Waals surface area contributed by atoms with Crippen LogP contribution in [0.25, 0.3) is 0 Å². The largest absolute Gasteiger partial charge is 0.342 e. The summed E-state index contributed by atoms with van der Waals surface area (Å²) in [6, 6.07) is 0. The number of nitrogens with one attached hydrogen (secondary N) is 1. The Balaban J connectivity index is 1.92. The molecule has 0 radical (unpaired) electrons. The number of piperidine rings is 1. The van der Waals surface area contributed by atoms with Gasteiger partial charge in [0, 0.05) is 19.6 Å². The van der Waals surface area contributed by atoms with E-state index < -0.39 is 0 Å². The van der Waals surface area contributed by atoms with Crippen molar-refractivity contribution < 1.29 is 4.79 Å². The van der Waals surface area contributed by atoms with E-state index in [0.717, 1.165) is 32.6 Å². The summed E-state index contributed by atoms with van der Waals surface area (Å²) in [5.41, 5.74) is 0. The highest BCUT2D eigenvalue weighted by Crippen LogP contribution is 2.26. The van der Waals surface area contributed by atoms with Crippen LogP contribution in [-0.2, 0) is 4.79 Å². The highest BCUT2D eigenvalue weighted by Gasteiger charge is 2.34. The van der Waals surface area contributed by atoms with Crippen LogP contribution in [0.2, 0.25) is 0 Å². The summed E-state index contributed by atoms with van der Waals surface area (Å²) in [7, 11) is 0. The Morgan fingerprint density at radius 1 is 1.12 bits per heavy atom. The number of amides is 1. The highest BCUT2D eigenvalue weighted by molar-refractivity contribution is 5.79. The summed E-state index contributed by atoms with van der Waals surface area (Å²) in [5.74, 6) is 2.58. The number of rotatable bonds is 1. The molecule has 2 aliphatic rings. The Hall–Kier alpha value is -0.570. The van der Waals surface area contributed by atoms with Crippen LogP contribution in [0.1, 0.15) is 27.2 Å². The Morgan fingerprint density at radius 3 is 2.31 bits per heavy atom. The van der Waals surface area contributed by atoms with Gasteiger partial charge < -0.3 is 10.2 Å². The smallest absolute Gasteiger partial charge is 0.226 e. The minimum absolute atomic E-state index is 0.223. The van der Waals surface area contributed by atoms with Gasteiger partial charge in [0.05, 0.1) is 5.92 Å². The van der Waals surface area contributed by atoms with Crippen LogP contribution in [0.5, 0.6) is 0 Å². The Morgan fingerprint density at radius 2 is 1.75 bits per heavy atom. The Kier molecular flexibility index (Phi) is 3.53. The van der Waals surface area contributed by atoms with Gasteiger partial charge in [-0.2, -0.15) is 0 Å². The number of carbonyl (C=O) groups is 1. The molecule has 1 N–H and O–H groups in total. The van der Waals surface area contributed by atoms with E-state index in [0.29, 0.717) is 23.7 Å². The van der Waals surface area contributed by atoms with E-state index in [2.05, 4.69) is 31.0 Å². The number of nitrogens with zero attached hydrogens (tertiary/aromatic N) is 1. The van der Waals surface area contributed by atoms with E-state index in [-0.39, 0.29) is 5.92 Å². The molecule has 2 aliphatic heterocycles. The van der Waals surface area contributed by atoms with Gasteiger partial charge in [0.15, 0.2) is 0 Å². The van der Waals surface area contributed by atoms with Crippen molar-refractivity contribution in [2.75, 3.05) is 26.2 Å². The molecule has 1 amide bonds. The van der Waals surface area contributed by atoms with Gasteiger partial charge >= 0.3 is 0 Å². The molecule has 0 spiro atoms. The first-order valence-electron chi connectivity index (χ1n) is 6.57. The summed E-state index contributed by atoms with van der Waals surface area (Å²) in [5, 5.41) is 3.36. The summed E-state index contributed by atoms with van der Waals surface area (Å²) in [4.78, 5) is 14.4. The van der Waals surface area contributed by atoms with Gasteiger partial charge in [-0.15, -0.1) is 0 Å². The predicted molar refractivity (Wildman–Crippen MR) is 65.0 cm³/mol. The molecule has 2 rings (SSSR count). The molecular formula is C13H24N2O. The second-order valence-electron chi connectivity index (χ2n) is 5.89. The maximum absolute atomic E-state index is 12.3. The molecular weight excluding hydrogens is 200 g/mol. The zero-order valence-electron chi connectivity index (χ0n) is 10.7. The summed E-state index contributed by atoms with van der Waals surface area (Å²) >= 11 is 0. The van der Waals surface area contributed by atoms with Crippen LogP contribution in [0.3, 0.4) is 0 Å². The van der Waals surface area contributed by atoms with Crippen LogP contribution in [0.15, 0.2) is 0 Å². The fourth-order valence-electron chi connectivity index (χ4n) is 2.91. The van der Waals surface area contributed by atoms with Crippen molar-refractivity contribution in [3.05, 3.63) is 0 Å². The lowest BCUT2D eigenvalue weighted by Crippen LogP contribution is -2.44. The topological polar surface area (TPSA) is 32.3 Å². The molecule has 0 aromatic heterocycles. The summed E-state index contributed by atoms with van der Waals surface area (Å²) in [6.45, 7) is 10.6. The zero-order chi connectivity index (χ0) is 11.7. The fourth-order valence-corrected chi connectivity index (χ4v) is 2.91. The SMILES string of the molecule is CC1CNCC(C(=O)N2CC(C)C(C)C2)C1. The first-order chi connectivity index (χ1) is 7.58. The molecule has 4 unspecified atom stereocenters. The van der Waals surface area contributed by atoms with Gasteiger partial charge in [-0.3, -0.25) is 4.79 Å². The van der Waals surface area contributed by atoms with Gasteiger partial charge in [0.1, 0.15) is 0 Å². The fraction of sp³-hybridized carbons (Fsp3) is 0.923. The lowest BCUT2D eigenvalue weighted by atomic mass is 9.91. The second-order valence-corrected chi connectivity index (χ2v) is 5.89. The minimum Gasteiger partial charge on any atom is -0.342 e. The standard InChI is InChI=1S/C13H24N2O/c1-9-4-12(6-14-5-9)13(16)15-7-10(2)11(3)8-15/h9-12,14H,4-8H2,1-3H3. The van der Waals surface area contributed by atoms with Crippen molar-refractivity contribution in [3.63, 3.8) is 0 Å². The first kappa shape index (κ1) is 11.9. The Bertz CT molecular complexity index is 250. The van der Waals surface area contributed by atoms with Crippen molar-refractivity contribution in [2.24, 2.45) is 23.7 Å². The Labute approximate surface area is 98.6 Å². The van der Waals surface area contributed by atoms with Crippen molar-refractivity contribution in [2.45, 2.75) is 27.2 Å². The normalized spacial score (nSPS) is 40.1. The number of likely N-dealkylation sites (tertiary alicyclic amines) is 1. The average molecular weight is 224 g/mol. The molecule has 2 saturated heterocycles. The van der Waals surface area contributed by atoms with Crippen molar-refractivity contribution >= 4 is 5.91 Å².